The number of aromatic nitrogens is 3. The van der Waals surface area contributed by atoms with E-state index in [2.05, 4.69) is 26.0 Å². The van der Waals surface area contributed by atoms with Crippen molar-refractivity contribution in [3.8, 4) is 11.3 Å². The monoisotopic (exact) mass is 507 g/mol. The van der Waals surface area contributed by atoms with Crippen molar-refractivity contribution in [2.45, 2.75) is 11.8 Å². The third-order valence-electron chi connectivity index (χ3n) is 4.54. The highest BCUT2D eigenvalue weighted by atomic mass is 79.9. The molecule has 0 spiro atoms. The third-order valence-corrected chi connectivity index (χ3v) is 7.96. The van der Waals surface area contributed by atoms with Gasteiger partial charge in [-0.25, -0.2) is 22.2 Å². The van der Waals surface area contributed by atoms with Crippen molar-refractivity contribution in [1.29, 1.82) is 0 Å². The number of thiazole rings is 1. The number of nitro benzene ring substituents is 1. The molecule has 0 aliphatic heterocycles. The molecular formula is C18H14BrN5O4S2. The molecule has 0 aliphatic rings. The number of fused-ring (bicyclic) bond motifs is 1. The second-order valence-corrected chi connectivity index (χ2v) is 10.1. The van der Waals surface area contributed by atoms with Crippen LogP contribution in [0.5, 0.6) is 0 Å². The Morgan fingerprint density at radius 3 is 2.77 bits per heavy atom. The van der Waals surface area contributed by atoms with E-state index in [0.717, 1.165) is 37.3 Å². The van der Waals surface area contributed by atoms with Crippen LogP contribution in [-0.4, -0.2) is 35.0 Å². The lowest BCUT2D eigenvalue weighted by molar-refractivity contribution is -0.385. The molecule has 4 aromatic rings. The average molecular weight is 508 g/mol. The number of benzene rings is 1. The molecule has 0 radical (unpaired) electrons. The normalized spacial score (nSPS) is 11.7. The van der Waals surface area contributed by atoms with Gasteiger partial charge in [0.25, 0.3) is 15.7 Å². The summed E-state index contributed by atoms with van der Waals surface area (Å²) in [6.45, 7) is 1.59. The predicted molar refractivity (Wildman–Crippen MR) is 117 cm³/mol. The van der Waals surface area contributed by atoms with Crippen LogP contribution >= 0.6 is 27.3 Å². The minimum Gasteiger partial charge on any atom is -0.258 e. The summed E-state index contributed by atoms with van der Waals surface area (Å²) in [4.78, 5) is 14.8. The van der Waals surface area contributed by atoms with Gasteiger partial charge >= 0.3 is 0 Å². The third kappa shape index (κ3) is 3.46. The lowest BCUT2D eigenvalue weighted by atomic mass is 10.2. The number of rotatable bonds is 5. The Morgan fingerprint density at radius 2 is 2.03 bits per heavy atom. The second kappa shape index (κ2) is 7.45. The Hall–Kier alpha value is -2.83. The Balaban J connectivity index is 1.74. The largest absolute Gasteiger partial charge is 0.270 e. The summed E-state index contributed by atoms with van der Waals surface area (Å²) in [5.41, 5.74) is 2.29. The van der Waals surface area contributed by atoms with Crippen molar-refractivity contribution in [2.75, 3.05) is 11.4 Å². The standard InChI is InChI=1S/C18H14BrN5O4S2/c1-11-3-4-13(24(25)26)8-17(11)30(27,28)22(2)18-21-15(10-29-18)14-9-20-23-6-5-12(19)7-16(14)23/h3-10H,1-2H3. The summed E-state index contributed by atoms with van der Waals surface area (Å²) in [6, 6.07) is 7.52. The zero-order chi connectivity index (χ0) is 21.6. The minimum atomic E-state index is -4.03. The first kappa shape index (κ1) is 20.4. The maximum atomic E-state index is 13.1. The number of non-ortho nitro benzene ring substituents is 1. The smallest absolute Gasteiger partial charge is 0.258 e. The number of hydrogen-bond acceptors (Lipinski definition) is 7. The van der Waals surface area contributed by atoms with E-state index >= 15 is 0 Å². The van der Waals surface area contributed by atoms with Crippen LogP contribution in [-0.2, 0) is 10.0 Å². The van der Waals surface area contributed by atoms with Crippen LogP contribution < -0.4 is 4.31 Å². The first-order valence-corrected chi connectivity index (χ1v) is 11.6. The zero-order valence-corrected chi connectivity index (χ0v) is 18.9. The van der Waals surface area contributed by atoms with Crippen LogP contribution in [0.2, 0.25) is 0 Å². The predicted octanol–water partition coefficient (Wildman–Crippen LogP) is 4.26. The van der Waals surface area contributed by atoms with Crippen molar-refractivity contribution in [1.82, 2.24) is 14.6 Å². The zero-order valence-electron chi connectivity index (χ0n) is 15.7. The maximum Gasteiger partial charge on any atom is 0.270 e. The number of hydrogen-bond donors (Lipinski definition) is 0. The summed E-state index contributed by atoms with van der Waals surface area (Å²) in [5.74, 6) is 0. The molecule has 0 saturated heterocycles. The van der Waals surface area contributed by atoms with Crippen LogP contribution in [0.25, 0.3) is 16.8 Å². The number of nitrogens with zero attached hydrogens (tertiary/aromatic N) is 5. The molecule has 4 rings (SSSR count). The molecule has 1 aromatic carbocycles. The van der Waals surface area contributed by atoms with E-state index in [1.807, 2.05) is 12.1 Å². The maximum absolute atomic E-state index is 13.1. The number of sulfonamides is 1. The summed E-state index contributed by atoms with van der Waals surface area (Å²) < 4.78 is 29.9. The van der Waals surface area contributed by atoms with Crippen LogP contribution in [0.1, 0.15) is 5.56 Å². The summed E-state index contributed by atoms with van der Waals surface area (Å²) >= 11 is 4.59. The molecule has 0 unspecified atom stereocenters. The Kier molecular flexibility index (Phi) is 5.08. The lowest BCUT2D eigenvalue weighted by Crippen LogP contribution is -2.27. The molecule has 154 valence electrons. The summed E-state index contributed by atoms with van der Waals surface area (Å²) in [5, 5.41) is 17.4. The van der Waals surface area contributed by atoms with Crippen LogP contribution in [0.4, 0.5) is 10.8 Å². The van der Waals surface area contributed by atoms with Crippen LogP contribution in [0, 0.1) is 17.0 Å². The number of aryl methyl sites for hydroxylation is 1. The molecule has 3 aromatic heterocycles. The van der Waals surface area contributed by atoms with E-state index in [9.17, 15) is 18.5 Å². The highest BCUT2D eigenvalue weighted by Gasteiger charge is 2.27. The van der Waals surface area contributed by atoms with Crippen molar-refractivity contribution < 1.29 is 13.3 Å². The first-order valence-electron chi connectivity index (χ1n) is 8.51. The number of nitro groups is 1. The Bertz CT molecular complexity index is 1400. The van der Waals surface area contributed by atoms with Gasteiger partial charge in [0.15, 0.2) is 5.13 Å². The Morgan fingerprint density at radius 1 is 1.27 bits per heavy atom. The van der Waals surface area contributed by atoms with E-state index in [1.54, 1.807) is 29.2 Å². The molecule has 30 heavy (non-hydrogen) atoms. The summed E-state index contributed by atoms with van der Waals surface area (Å²) in [7, 11) is -2.66. The molecule has 0 aliphatic carbocycles. The van der Waals surface area contributed by atoms with E-state index in [1.165, 1.54) is 19.2 Å². The molecular weight excluding hydrogens is 494 g/mol. The fourth-order valence-electron chi connectivity index (χ4n) is 2.92. The second-order valence-electron chi connectivity index (χ2n) is 6.43. The number of halogens is 1. The summed E-state index contributed by atoms with van der Waals surface area (Å²) in [6.07, 6.45) is 3.47. The van der Waals surface area contributed by atoms with E-state index in [4.69, 9.17) is 0 Å². The van der Waals surface area contributed by atoms with Gasteiger partial charge in [0, 0.05) is 40.8 Å². The van der Waals surface area contributed by atoms with Gasteiger partial charge in [-0.2, -0.15) is 5.10 Å². The fraction of sp³-hybridized carbons (Fsp3) is 0.111. The van der Waals surface area contributed by atoms with Crippen molar-refractivity contribution in [3.63, 3.8) is 0 Å². The highest BCUT2D eigenvalue weighted by molar-refractivity contribution is 9.10. The minimum absolute atomic E-state index is 0.129. The lowest BCUT2D eigenvalue weighted by Gasteiger charge is -2.17. The molecule has 9 nitrogen and oxygen atoms in total. The van der Waals surface area contributed by atoms with Gasteiger partial charge in [-0.3, -0.25) is 10.1 Å². The molecule has 0 atom stereocenters. The van der Waals surface area contributed by atoms with Crippen molar-refractivity contribution in [3.05, 3.63) is 68.3 Å². The van der Waals surface area contributed by atoms with Crippen LogP contribution in [0.15, 0.2) is 57.5 Å². The highest BCUT2D eigenvalue weighted by Crippen LogP contribution is 2.33. The van der Waals surface area contributed by atoms with Crippen molar-refractivity contribution >= 4 is 53.6 Å². The molecule has 0 saturated carbocycles. The fourth-order valence-corrected chi connectivity index (χ4v) is 5.66. The topological polar surface area (TPSA) is 111 Å². The molecule has 0 amide bonds. The molecule has 12 heteroatoms. The molecule has 0 bridgehead atoms. The van der Waals surface area contributed by atoms with E-state index in [0.29, 0.717) is 11.3 Å². The van der Waals surface area contributed by atoms with Gasteiger partial charge in [-0.05, 0) is 24.6 Å². The number of anilines is 1. The van der Waals surface area contributed by atoms with Gasteiger partial charge in [0.1, 0.15) is 0 Å². The van der Waals surface area contributed by atoms with E-state index < -0.39 is 14.9 Å². The quantitative estimate of drug-likeness (QED) is 0.294. The van der Waals surface area contributed by atoms with Crippen LogP contribution in [0.3, 0.4) is 0 Å². The molecule has 0 fully saturated rings. The Labute approximate surface area is 183 Å². The van der Waals surface area contributed by atoms with Gasteiger partial charge in [0.2, 0.25) is 0 Å². The van der Waals surface area contributed by atoms with E-state index in [-0.39, 0.29) is 15.7 Å². The van der Waals surface area contributed by atoms with Gasteiger partial charge in [-0.15, -0.1) is 11.3 Å². The van der Waals surface area contributed by atoms with Crippen molar-refractivity contribution in [2.24, 2.45) is 0 Å². The molecule has 0 N–H and O–H groups in total. The average Bonchev–Trinajstić information content (AvgIpc) is 3.33. The van der Waals surface area contributed by atoms with Gasteiger partial charge in [0.05, 0.1) is 27.2 Å². The SMILES string of the molecule is Cc1ccc([N+](=O)[O-])cc1S(=O)(=O)N(C)c1nc(-c2cnn3ccc(Br)cc23)cs1. The first-order chi connectivity index (χ1) is 14.2. The van der Waals surface area contributed by atoms with Gasteiger partial charge in [-0.1, -0.05) is 22.0 Å². The number of pyridine rings is 1. The molecule has 3 heterocycles. The van der Waals surface area contributed by atoms with Gasteiger partial charge < -0.3 is 0 Å².